The van der Waals surface area contributed by atoms with E-state index in [2.05, 4.69) is 0 Å². The van der Waals surface area contributed by atoms with E-state index in [1.807, 2.05) is 76.2 Å². The fraction of sp³-hybridized carbons (Fsp3) is 0.238. The highest BCUT2D eigenvalue weighted by Gasteiger charge is 2.40. The minimum Gasteiger partial charge on any atom is -0.271 e. The molecule has 0 unspecified atom stereocenters. The van der Waals surface area contributed by atoms with Crippen molar-refractivity contribution < 1.29 is 9.59 Å². The van der Waals surface area contributed by atoms with Gasteiger partial charge in [0.05, 0.1) is 10.5 Å². The molecule has 0 aliphatic carbocycles. The third-order valence-electron chi connectivity index (χ3n) is 4.35. The SMILES string of the molecule is Cc1ccc(C2=C(Sc3ccccc3)C(=O)N(C(C)C)C2=O)cc1C. The van der Waals surface area contributed by atoms with E-state index in [0.717, 1.165) is 16.0 Å². The highest BCUT2D eigenvalue weighted by Crippen LogP contribution is 2.40. The van der Waals surface area contributed by atoms with Crippen molar-refractivity contribution in [2.75, 3.05) is 0 Å². The molecule has 1 aliphatic rings. The zero-order valence-corrected chi connectivity index (χ0v) is 15.7. The zero-order valence-electron chi connectivity index (χ0n) is 14.9. The van der Waals surface area contributed by atoms with Gasteiger partial charge in [0.2, 0.25) is 0 Å². The Kier molecular flexibility index (Phi) is 4.82. The average Bonchev–Trinajstić information content (AvgIpc) is 2.82. The van der Waals surface area contributed by atoms with Crippen molar-refractivity contribution in [2.45, 2.75) is 38.6 Å². The van der Waals surface area contributed by atoms with E-state index in [-0.39, 0.29) is 17.9 Å². The van der Waals surface area contributed by atoms with Crippen molar-refractivity contribution in [1.82, 2.24) is 4.90 Å². The summed E-state index contributed by atoms with van der Waals surface area (Å²) in [6, 6.07) is 15.4. The molecule has 128 valence electrons. The van der Waals surface area contributed by atoms with Gasteiger partial charge in [-0.3, -0.25) is 14.5 Å². The molecule has 2 aromatic carbocycles. The van der Waals surface area contributed by atoms with Crippen LogP contribution in [0.15, 0.2) is 58.3 Å². The van der Waals surface area contributed by atoms with Gasteiger partial charge >= 0.3 is 0 Å². The van der Waals surface area contributed by atoms with Crippen LogP contribution in [0.3, 0.4) is 0 Å². The van der Waals surface area contributed by atoms with Gasteiger partial charge in [-0.15, -0.1) is 0 Å². The number of benzene rings is 2. The molecular formula is C21H21NO2S. The van der Waals surface area contributed by atoms with Crippen molar-refractivity contribution in [3.63, 3.8) is 0 Å². The maximum absolute atomic E-state index is 13.0. The number of hydrogen-bond donors (Lipinski definition) is 0. The molecule has 1 heterocycles. The summed E-state index contributed by atoms with van der Waals surface area (Å²) in [7, 11) is 0. The number of imide groups is 1. The monoisotopic (exact) mass is 351 g/mol. The van der Waals surface area contributed by atoms with Gasteiger partial charge in [-0.1, -0.05) is 48.2 Å². The van der Waals surface area contributed by atoms with Crippen molar-refractivity contribution in [3.05, 3.63) is 70.1 Å². The molecular weight excluding hydrogens is 330 g/mol. The highest BCUT2D eigenvalue weighted by atomic mass is 32.2. The van der Waals surface area contributed by atoms with E-state index in [4.69, 9.17) is 0 Å². The van der Waals surface area contributed by atoms with Crippen molar-refractivity contribution in [1.29, 1.82) is 0 Å². The van der Waals surface area contributed by atoms with Crippen LogP contribution in [0.25, 0.3) is 5.57 Å². The predicted molar refractivity (Wildman–Crippen MR) is 102 cm³/mol. The minimum atomic E-state index is -0.207. The fourth-order valence-corrected chi connectivity index (χ4v) is 3.87. The lowest BCUT2D eigenvalue weighted by atomic mass is 10.0. The fourth-order valence-electron chi connectivity index (χ4n) is 2.85. The topological polar surface area (TPSA) is 37.4 Å². The van der Waals surface area contributed by atoms with Crippen LogP contribution in [0.4, 0.5) is 0 Å². The number of aryl methyl sites for hydroxylation is 2. The molecule has 2 amide bonds. The molecule has 0 radical (unpaired) electrons. The van der Waals surface area contributed by atoms with E-state index in [1.54, 1.807) is 0 Å². The van der Waals surface area contributed by atoms with Gasteiger partial charge < -0.3 is 0 Å². The molecule has 0 atom stereocenters. The highest BCUT2D eigenvalue weighted by molar-refractivity contribution is 8.04. The summed E-state index contributed by atoms with van der Waals surface area (Å²) in [5.74, 6) is -0.413. The molecule has 0 N–H and O–H groups in total. The summed E-state index contributed by atoms with van der Waals surface area (Å²) in [4.78, 5) is 28.7. The van der Waals surface area contributed by atoms with Crippen LogP contribution in [0.2, 0.25) is 0 Å². The number of rotatable bonds is 4. The smallest absolute Gasteiger partial charge is 0.268 e. The van der Waals surface area contributed by atoms with Gasteiger partial charge in [0, 0.05) is 10.9 Å². The molecule has 0 fully saturated rings. The van der Waals surface area contributed by atoms with Crippen LogP contribution in [-0.4, -0.2) is 22.8 Å². The quantitative estimate of drug-likeness (QED) is 0.757. The Morgan fingerprint density at radius 3 is 2.16 bits per heavy atom. The first-order valence-corrected chi connectivity index (χ1v) is 9.14. The molecule has 4 heteroatoms. The molecule has 0 bridgehead atoms. The minimum absolute atomic E-state index is 0.171. The number of carbonyl (C=O) groups excluding carboxylic acids is 2. The third kappa shape index (κ3) is 3.27. The van der Waals surface area contributed by atoms with E-state index in [0.29, 0.717) is 10.5 Å². The standard InChI is InChI=1S/C21H21NO2S/c1-13(2)22-20(23)18(16-11-10-14(3)15(4)12-16)19(21(22)24)25-17-8-6-5-7-9-17/h5-13H,1-4H3. The normalized spacial score (nSPS) is 14.8. The predicted octanol–water partition coefficient (Wildman–Crippen LogP) is 4.58. The van der Waals surface area contributed by atoms with Gasteiger partial charge in [-0.25, -0.2) is 0 Å². The van der Waals surface area contributed by atoms with Gasteiger partial charge in [0.25, 0.3) is 11.8 Å². The van der Waals surface area contributed by atoms with E-state index < -0.39 is 0 Å². The Balaban J connectivity index is 2.13. The largest absolute Gasteiger partial charge is 0.271 e. The number of hydrogen-bond acceptors (Lipinski definition) is 3. The second-order valence-corrected chi connectivity index (χ2v) is 7.58. The summed E-state index contributed by atoms with van der Waals surface area (Å²) in [6.45, 7) is 7.79. The van der Waals surface area contributed by atoms with Crippen LogP contribution >= 0.6 is 11.8 Å². The molecule has 0 saturated carbocycles. The second kappa shape index (κ2) is 6.89. The molecule has 1 aliphatic heterocycles. The molecule has 0 spiro atoms. The Labute approximate surface area is 152 Å². The average molecular weight is 351 g/mol. The van der Waals surface area contributed by atoms with Crippen LogP contribution in [0.5, 0.6) is 0 Å². The van der Waals surface area contributed by atoms with Gasteiger partial charge in [0.1, 0.15) is 0 Å². The van der Waals surface area contributed by atoms with Crippen molar-refractivity contribution >= 4 is 29.1 Å². The lowest BCUT2D eigenvalue weighted by Gasteiger charge is -2.19. The second-order valence-electron chi connectivity index (χ2n) is 6.49. The molecule has 0 saturated heterocycles. The van der Waals surface area contributed by atoms with E-state index in [9.17, 15) is 9.59 Å². The molecule has 0 aromatic heterocycles. The molecule has 2 aromatic rings. The van der Waals surface area contributed by atoms with Gasteiger partial charge in [-0.05, 0) is 56.5 Å². The Morgan fingerprint density at radius 1 is 0.880 bits per heavy atom. The first-order valence-electron chi connectivity index (χ1n) is 8.33. The summed E-state index contributed by atoms with van der Waals surface area (Å²) in [5, 5.41) is 0. The van der Waals surface area contributed by atoms with Crippen LogP contribution in [-0.2, 0) is 9.59 Å². The molecule has 25 heavy (non-hydrogen) atoms. The molecule has 3 rings (SSSR count). The van der Waals surface area contributed by atoms with Crippen LogP contribution < -0.4 is 0 Å². The third-order valence-corrected chi connectivity index (χ3v) is 5.44. The summed E-state index contributed by atoms with van der Waals surface area (Å²) in [5.41, 5.74) is 3.59. The van der Waals surface area contributed by atoms with Crippen LogP contribution in [0.1, 0.15) is 30.5 Å². The Bertz CT molecular complexity index is 869. The van der Waals surface area contributed by atoms with E-state index >= 15 is 0 Å². The Morgan fingerprint density at radius 2 is 1.56 bits per heavy atom. The summed E-state index contributed by atoms with van der Waals surface area (Å²) >= 11 is 1.36. The Hall–Kier alpha value is -2.33. The number of nitrogens with zero attached hydrogens (tertiary/aromatic N) is 1. The zero-order chi connectivity index (χ0) is 18.1. The maximum Gasteiger partial charge on any atom is 0.268 e. The molecule has 3 nitrogen and oxygen atoms in total. The number of amides is 2. The summed E-state index contributed by atoms with van der Waals surface area (Å²) in [6.07, 6.45) is 0. The van der Waals surface area contributed by atoms with Crippen LogP contribution in [0, 0.1) is 13.8 Å². The lowest BCUT2D eigenvalue weighted by Crippen LogP contribution is -2.37. The first-order chi connectivity index (χ1) is 11.9. The lowest BCUT2D eigenvalue weighted by molar-refractivity contribution is -0.138. The first kappa shape index (κ1) is 17.5. The number of carbonyl (C=O) groups is 2. The van der Waals surface area contributed by atoms with E-state index in [1.165, 1.54) is 22.2 Å². The maximum atomic E-state index is 13.0. The van der Waals surface area contributed by atoms with Gasteiger partial charge in [-0.2, -0.15) is 0 Å². The van der Waals surface area contributed by atoms with Gasteiger partial charge in [0.15, 0.2) is 0 Å². The number of thioether (sulfide) groups is 1. The van der Waals surface area contributed by atoms with Crippen molar-refractivity contribution in [3.8, 4) is 0 Å². The summed E-state index contributed by atoms with van der Waals surface area (Å²) < 4.78 is 0. The van der Waals surface area contributed by atoms with Crippen molar-refractivity contribution in [2.24, 2.45) is 0 Å².